The topological polar surface area (TPSA) is 83.6 Å². The molecular weight excluding hydrogens is 447 g/mol. The molecule has 1 saturated heterocycles. The Labute approximate surface area is 194 Å². The first-order chi connectivity index (χ1) is 15.8. The van der Waals surface area contributed by atoms with Gasteiger partial charge in [-0.25, -0.2) is 4.39 Å². The third-order valence-corrected chi connectivity index (χ3v) is 5.66. The lowest BCUT2D eigenvalue weighted by atomic mass is 9.86. The van der Waals surface area contributed by atoms with Crippen molar-refractivity contribution in [3.63, 3.8) is 0 Å². The molecule has 1 fully saturated rings. The van der Waals surface area contributed by atoms with Gasteiger partial charge in [-0.1, -0.05) is 29.8 Å². The Kier molecular flexibility index (Phi) is 6.07. The average Bonchev–Trinajstić information content (AvgIpc) is 3.05. The van der Waals surface area contributed by atoms with Gasteiger partial charge in [-0.3, -0.25) is 24.1 Å². The van der Waals surface area contributed by atoms with Crippen molar-refractivity contribution >= 4 is 46.4 Å². The van der Waals surface area contributed by atoms with Crippen LogP contribution in [0, 0.1) is 11.7 Å². The lowest BCUT2D eigenvalue weighted by molar-refractivity contribution is -0.135. The number of carbonyl (C=O) groups is 4. The van der Waals surface area contributed by atoms with Gasteiger partial charge in [0.15, 0.2) is 5.78 Å². The molecule has 0 bridgehead atoms. The second kappa shape index (κ2) is 8.96. The summed E-state index contributed by atoms with van der Waals surface area (Å²) in [4.78, 5) is 51.9. The fourth-order valence-corrected chi connectivity index (χ4v) is 4.07. The normalized spacial score (nSPS) is 17.8. The molecule has 166 valence electrons. The number of benzene rings is 3. The quantitative estimate of drug-likeness (QED) is 0.340. The van der Waals surface area contributed by atoms with Crippen LogP contribution in [0.2, 0.25) is 5.02 Å². The summed E-state index contributed by atoms with van der Waals surface area (Å²) in [6, 6.07) is 16.7. The number of amides is 2. The maximum atomic E-state index is 14.9. The summed E-state index contributed by atoms with van der Waals surface area (Å²) in [7, 11) is 0. The molecule has 0 saturated carbocycles. The fraction of sp³-hybridized carbons (Fsp3) is 0.120. The van der Waals surface area contributed by atoms with Gasteiger partial charge in [-0.15, -0.1) is 0 Å². The van der Waals surface area contributed by atoms with E-state index in [1.165, 1.54) is 61.5 Å². The zero-order valence-electron chi connectivity index (χ0n) is 17.4. The van der Waals surface area contributed by atoms with Crippen molar-refractivity contribution in [2.45, 2.75) is 13.0 Å². The summed E-state index contributed by atoms with van der Waals surface area (Å²) in [5.74, 6) is -4.79. The van der Waals surface area contributed by atoms with Gasteiger partial charge < -0.3 is 5.32 Å². The molecule has 8 heteroatoms. The molecule has 1 aliphatic rings. The number of halogens is 2. The van der Waals surface area contributed by atoms with Gasteiger partial charge in [-0.2, -0.15) is 0 Å². The first-order valence-corrected chi connectivity index (χ1v) is 10.4. The van der Waals surface area contributed by atoms with Crippen LogP contribution < -0.4 is 10.2 Å². The van der Waals surface area contributed by atoms with Crippen molar-refractivity contribution < 1.29 is 23.6 Å². The molecule has 2 atom stereocenters. The van der Waals surface area contributed by atoms with Crippen molar-refractivity contribution in [3.8, 4) is 0 Å². The second-order valence-corrected chi connectivity index (χ2v) is 8.02. The zero-order valence-corrected chi connectivity index (χ0v) is 18.2. The van der Waals surface area contributed by atoms with Gasteiger partial charge in [0.05, 0.1) is 6.04 Å². The highest BCUT2D eigenvalue weighted by Gasteiger charge is 2.53. The molecule has 0 spiro atoms. The molecule has 0 radical (unpaired) electrons. The van der Waals surface area contributed by atoms with Gasteiger partial charge in [0.25, 0.3) is 5.91 Å². The Balaban J connectivity index is 1.82. The molecule has 6 nitrogen and oxygen atoms in total. The van der Waals surface area contributed by atoms with E-state index in [1.54, 1.807) is 18.2 Å². The molecule has 0 aromatic heterocycles. The molecule has 1 aliphatic heterocycles. The van der Waals surface area contributed by atoms with Gasteiger partial charge >= 0.3 is 0 Å². The molecule has 0 aliphatic carbocycles. The summed E-state index contributed by atoms with van der Waals surface area (Å²) in [6.07, 6.45) is 0. The van der Waals surface area contributed by atoms with E-state index in [2.05, 4.69) is 5.32 Å². The van der Waals surface area contributed by atoms with Gasteiger partial charge in [0.1, 0.15) is 11.7 Å². The van der Waals surface area contributed by atoms with Crippen LogP contribution in [0.4, 0.5) is 15.8 Å². The molecule has 1 N–H and O–H groups in total. The van der Waals surface area contributed by atoms with Gasteiger partial charge in [-0.05, 0) is 54.6 Å². The zero-order chi connectivity index (χ0) is 23.7. The molecule has 1 heterocycles. The maximum Gasteiger partial charge on any atom is 0.295 e. The Hall–Kier alpha value is -3.84. The Morgan fingerprint density at radius 1 is 0.939 bits per heavy atom. The van der Waals surface area contributed by atoms with E-state index in [9.17, 15) is 23.6 Å². The van der Waals surface area contributed by atoms with E-state index in [4.69, 9.17) is 11.6 Å². The highest BCUT2D eigenvalue weighted by Crippen LogP contribution is 2.42. The largest absolute Gasteiger partial charge is 0.326 e. The minimum absolute atomic E-state index is 0.0509. The van der Waals surface area contributed by atoms with Crippen LogP contribution in [0.5, 0.6) is 0 Å². The molecule has 33 heavy (non-hydrogen) atoms. The molecule has 3 aromatic carbocycles. The van der Waals surface area contributed by atoms with Crippen LogP contribution in [0.15, 0.2) is 72.8 Å². The van der Waals surface area contributed by atoms with Crippen molar-refractivity contribution in [1.29, 1.82) is 0 Å². The third kappa shape index (κ3) is 4.27. The predicted octanol–water partition coefficient (Wildman–Crippen LogP) is 4.59. The van der Waals surface area contributed by atoms with Crippen molar-refractivity contribution in [1.82, 2.24) is 0 Å². The number of ketones is 2. The predicted molar refractivity (Wildman–Crippen MR) is 122 cm³/mol. The minimum atomic E-state index is -1.44. The minimum Gasteiger partial charge on any atom is -0.326 e. The lowest BCUT2D eigenvalue weighted by Crippen LogP contribution is -2.31. The number of rotatable bonds is 5. The standard InChI is InChI=1S/C25H18ClFN2O4/c1-14(30)28-17-10-12-18(13-11-17)29-22(19-4-2-3-5-20(19)27)21(24(32)25(29)33)23(31)15-6-8-16(26)9-7-15/h2-13,21-22H,1H3,(H,28,30). The number of nitrogens with zero attached hydrogens (tertiary/aromatic N) is 1. The van der Waals surface area contributed by atoms with Gasteiger partial charge in [0, 0.05) is 34.4 Å². The second-order valence-electron chi connectivity index (χ2n) is 7.58. The van der Waals surface area contributed by atoms with E-state index in [1.807, 2.05) is 0 Å². The Morgan fingerprint density at radius 2 is 1.58 bits per heavy atom. The molecule has 2 unspecified atom stereocenters. The molecule has 2 amide bonds. The monoisotopic (exact) mass is 464 g/mol. The van der Waals surface area contributed by atoms with Crippen LogP contribution in [0.3, 0.4) is 0 Å². The number of anilines is 2. The average molecular weight is 465 g/mol. The lowest BCUT2D eigenvalue weighted by Gasteiger charge is -2.27. The van der Waals surface area contributed by atoms with Crippen molar-refractivity contribution in [2.75, 3.05) is 10.2 Å². The highest BCUT2D eigenvalue weighted by atomic mass is 35.5. The number of nitrogens with one attached hydrogen (secondary N) is 1. The molecule has 4 rings (SSSR count). The van der Waals surface area contributed by atoms with Crippen molar-refractivity contribution in [3.05, 3.63) is 94.8 Å². The van der Waals surface area contributed by atoms with Crippen LogP contribution in [-0.4, -0.2) is 23.4 Å². The first-order valence-electron chi connectivity index (χ1n) is 10.1. The van der Waals surface area contributed by atoms with E-state index in [0.717, 1.165) is 4.90 Å². The fourth-order valence-electron chi connectivity index (χ4n) is 3.95. The summed E-state index contributed by atoms with van der Waals surface area (Å²) in [6.45, 7) is 1.36. The van der Waals surface area contributed by atoms with E-state index >= 15 is 0 Å². The van der Waals surface area contributed by atoms with Crippen molar-refractivity contribution in [2.24, 2.45) is 5.92 Å². The van der Waals surface area contributed by atoms with Crippen LogP contribution >= 0.6 is 11.6 Å². The van der Waals surface area contributed by atoms with Crippen LogP contribution in [-0.2, 0) is 14.4 Å². The number of carbonyl (C=O) groups excluding carboxylic acids is 4. The molecule has 3 aromatic rings. The SMILES string of the molecule is CC(=O)Nc1ccc(N2C(=O)C(=O)C(C(=O)c3ccc(Cl)cc3)C2c2ccccc2F)cc1. The van der Waals surface area contributed by atoms with E-state index < -0.39 is 35.3 Å². The first kappa shape index (κ1) is 22.4. The van der Waals surface area contributed by atoms with E-state index in [0.29, 0.717) is 16.4 Å². The highest BCUT2D eigenvalue weighted by molar-refractivity contribution is 6.49. The summed E-state index contributed by atoms with van der Waals surface area (Å²) in [5.41, 5.74) is 1.02. The smallest absolute Gasteiger partial charge is 0.295 e. The summed E-state index contributed by atoms with van der Waals surface area (Å²) in [5, 5.41) is 3.02. The van der Waals surface area contributed by atoms with Crippen LogP contribution in [0.1, 0.15) is 28.9 Å². The Morgan fingerprint density at radius 3 is 2.18 bits per heavy atom. The van der Waals surface area contributed by atoms with Gasteiger partial charge in [0.2, 0.25) is 11.7 Å². The molecular formula is C25H18ClFN2O4. The van der Waals surface area contributed by atoms with Crippen LogP contribution in [0.25, 0.3) is 0 Å². The number of Topliss-reactive ketones (excluding diaryl/α,β-unsaturated/α-hetero) is 2. The third-order valence-electron chi connectivity index (χ3n) is 5.41. The summed E-state index contributed by atoms with van der Waals surface area (Å²) < 4.78 is 14.9. The Bertz CT molecular complexity index is 1260. The number of hydrogen-bond acceptors (Lipinski definition) is 4. The van der Waals surface area contributed by atoms with E-state index in [-0.39, 0.29) is 17.0 Å². The summed E-state index contributed by atoms with van der Waals surface area (Å²) >= 11 is 5.90. The number of hydrogen-bond donors (Lipinski definition) is 1. The maximum absolute atomic E-state index is 14.9.